The fraction of sp³-hybridized carbons (Fsp3) is 0.682. The van der Waals surface area contributed by atoms with E-state index in [-0.39, 0.29) is 29.5 Å². The van der Waals surface area contributed by atoms with Crippen LogP contribution in [0.4, 0.5) is 0 Å². The number of piperidine rings is 2. The third-order valence-corrected chi connectivity index (χ3v) is 6.46. The van der Waals surface area contributed by atoms with Crippen molar-refractivity contribution in [2.75, 3.05) is 46.3 Å². The molecular formula is C22H37ClIN5. The van der Waals surface area contributed by atoms with Crippen molar-refractivity contribution in [1.82, 2.24) is 20.4 Å². The number of likely N-dealkylation sites (tertiary alicyclic amines) is 2. The smallest absolute Gasteiger partial charge is 0.191 e. The number of hydrogen-bond acceptors (Lipinski definition) is 3. The molecule has 2 N–H and O–H groups in total. The van der Waals surface area contributed by atoms with Crippen LogP contribution in [0.2, 0.25) is 5.02 Å². The van der Waals surface area contributed by atoms with Crippen LogP contribution in [0.15, 0.2) is 29.3 Å². The van der Waals surface area contributed by atoms with E-state index in [0.717, 1.165) is 24.1 Å². The molecule has 2 aliphatic rings. The largest absolute Gasteiger partial charge is 0.357 e. The maximum absolute atomic E-state index is 5.99. The molecule has 5 nitrogen and oxygen atoms in total. The number of hydrogen-bond donors (Lipinski definition) is 2. The summed E-state index contributed by atoms with van der Waals surface area (Å²) < 4.78 is 0. The maximum atomic E-state index is 5.99. The summed E-state index contributed by atoms with van der Waals surface area (Å²) in [7, 11) is 2.24. The highest BCUT2D eigenvalue weighted by Crippen LogP contribution is 2.30. The first-order chi connectivity index (χ1) is 13.6. The van der Waals surface area contributed by atoms with Crippen molar-refractivity contribution in [2.24, 2.45) is 4.99 Å². The van der Waals surface area contributed by atoms with Crippen LogP contribution in [0.25, 0.3) is 0 Å². The van der Waals surface area contributed by atoms with Crippen molar-refractivity contribution in [3.05, 3.63) is 34.9 Å². The van der Waals surface area contributed by atoms with Crippen LogP contribution in [-0.4, -0.2) is 67.6 Å². The van der Waals surface area contributed by atoms with Gasteiger partial charge in [-0.3, -0.25) is 4.90 Å². The van der Waals surface area contributed by atoms with E-state index in [1.807, 2.05) is 24.3 Å². The number of halogens is 2. The molecule has 0 radical (unpaired) electrons. The summed E-state index contributed by atoms with van der Waals surface area (Å²) in [5.74, 6) is 0.910. The zero-order chi connectivity index (χ0) is 19.8. The van der Waals surface area contributed by atoms with Crippen molar-refractivity contribution in [3.8, 4) is 0 Å². The highest BCUT2D eigenvalue weighted by Gasteiger charge is 2.39. The average molecular weight is 534 g/mol. The summed E-state index contributed by atoms with van der Waals surface area (Å²) in [6, 6.07) is 7.94. The summed E-state index contributed by atoms with van der Waals surface area (Å²) in [6.07, 6.45) is 6.51. The fourth-order valence-electron chi connectivity index (χ4n) is 4.36. The van der Waals surface area contributed by atoms with Crippen LogP contribution in [0.5, 0.6) is 0 Å². The number of nitrogens with zero attached hydrogens (tertiary/aromatic N) is 3. The van der Waals surface area contributed by atoms with Crippen LogP contribution in [-0.2, 0) is 6.54 Å². The normalized spacial score (nSPS) is 20.7. The second kappa shape index (κ2) is 12.3. The predicted octanol–water partition coefficient (Wildman–Crippen LogP) is 3.96. The monoisotopic (exact) mass is 533 g/mol. The van der Waals surface area contributed by atoms with Gasteiger partial charge in [0.1, 0.15) is 0 Å². The van der Waals surface area contributed by atoms with E-state index in [9.17, 15) is 0 Å². The molecule has 29 heavy (non-hydrogen) atoms. The number of aliphatic imine (C=N–C) groups is 1. The molecule has 1 aromatic rings. The zero-order valence-electron chi connectivity index (χ0n) is 17.9. The lowest BCUT2D eigenvalue weighted by atomic mass is 9.84. The Labute approximate surface area is 198 Å². The molecule has 0 saturated carbocycles. The number of rotatable bonds is 6. The topological polar surface area (TPSA) is 42.9 Å². The highest BCUT2D eigenvalue weighted by atomic mass is 127. The van der Waals surface area contributed by atoms with Crippen LogP contribution >= 0.6 is 35.6 Å². The summed E-state index contributed by atoms with van der Waals surface area (Å²) in [6.45, 7) is 9.45. The van der Waals surface area contributed by atoms with Gasteiger partial charge in [-0.2, -0.15) is 0 Å². The minimum atomic E-state index is 0. The van der Waals surface area contributed by atoms with E-state index in [4.69, 9.17) is 16.6 Å². The second-order valence-electron chi connectivity index (χ2n) is 8.25. The summed E-state index contributed by atoms with van der Waals surface area (Å²) >= 11 is 5.99. The minimum absolute atomic E-state index is 0. The van der Waals surface area contributed by atoms with Gasteiger partial charge in [0.15, 0.2) is 5.96 Å². The standard InChI is InChI=1S/C22H36ClN5.HI/c1-3-24-21(25-17-19-7-9-20(23)10-8-19)26-18-22(11-15-27(2)16-12-22)28-13-5-4-6-14-28;/h7-10H,3-6,11-18H2,1-2H3,(H2,24,25,26);1H. The Hall–Kier alpha value is -0.570. The lowest BCUT2D eigenvalue weighted by molar-refractivity contribution is 0.0173. The van der Waals surface area contributed by atoms with Crippen molar-refractivity contribution >= 4 is 41.5 Å². The molecule has 0 spiro atoms. The van der Waals surface area contributed by atoms with Gasteiger partial charge in [0.25, 0.3) is 0 Å². The highest BCUT2D eigenvalue weighted by molar-refractivity contribution is 14.0. The van der Waals surface area contributed by atoms with Crippen LogP contribution in [0.3, 0.4) is 0 Å². The molecule has 0 unspecified atom stereocenters. The molecule has 2 fully saturated rings. The molecule has 0 atom stereocenters. The molecule has 0 bridgehead atoms. The average Bonchev–Trinajstić information content (AvgIpc) is 2.73. The Morgan fingerprint density at radius 3 is 2.31 bits per heavy atom. The SMILES string of the molecule is CCNC(=NCc1ccc(Cl)cc1)NCC1(N2CCCCC2)CCN(C)CC1.I. The molecule has 0 amide bonds. The van der Waals surface area contributed by atoms with Gasteiger partial charge in [0, 0.05) is 23.7 Å². The third-order valence-electron chi connectivity index (χ3n) is 6.21. The molecule has 164 valence electrons. The molecule has 2 aliphatic heterocycles. The number of guanidine groups is 1. The van der Waals surface area contributed by atoms with Gasteiger partial charge < -0.3 is 15.5 Å². The van der Waals surface area contributed by atoms with Crippen molar-refractivity contribution in [3.63, 3.8) is 0 Å². The third kappa shape index (κ3) is 7.26. The van der Waals surface area contributed by atoms with E-state index in [0.29, 0.717) is 6.54 Å². The summed E-state index contributed by atoms with van der Waals surface area (Å²) in [5.41, 5.74) is 1.43. The lowest BCUT2D eigenvalue weighted by Gasteiger charge is -2.50. The first-order valence-electron chi connectivity index (χ1n) is 10.8. The molecule has 0 aromatic heterocycles. The first kappa shape index (κ1) is 24.7. The molecule has 2 saturated heterocycles. The molecule has 1 aromatic carbocycles. The van der Waals surface area contributed by atoms with Crippen LogP contribution < -0.4 is 10.6 Å². The van der Waals surface area contributed by atoms with E-state index < -0.39 is 0 Å². The van der Waals surface area contributed by atoms with Crippen molar-refractivity contribution in [1.29, 1.82) is 0 Å². The van der Waals surface area contributed by atoms with Gasteiger partial charge in [0.2, 0.25) is 0 Å². The van der Waals surface area contributed by atoms with Crippen molar-refractivity contribution in [2.45, 2.75) is 51.1 Å². The Kier molecular flexibility index (Phi) is 10.5. The molecule has 2 heterocycles. The first-order valence-corrected chi connectivity index (χ1v) is 11.2. The molecule has 7 heteroatoms. The Morgan fingerprint density at radius 1 is 1.03 bits per heavy atom. The van der Waals surface area contributed by atoms with Gasteiger partial charge in [-0.25, -0.2) is 4.99 Å². The van der Waals surface area contributed by atoms with Gasteiger partial charge in [-0.15, -0.1) is 24.0 Å². The second-order valence-corrected chi connectivity index (χ2v) is 8.69. The Bertz CT molecular complexity index is 623. The van der Waals surface area contributed by atoms with Gasteiger partial charge in [-0.05, 0) is 83.5 Å². The van der Waals surface area contributed by atoms with E-state index in [2.05, 4.69) is 34.4 Å². The minimum Gasteiger partial charge on any atom is -0.357 e. The molecule has 3 rings (SSSR count). The fourth-order valence-corrected chi connectivity index (χ4v) is 4.48. The van der Waals surface area contributed by atoms with E-state index in [1.165, 1.54) is 63.8 Å². The van der Waals surface area contributed by atoms with Crippen molar-refractivity contribution < 1.29 is 0 Å². The van der Waals surface area contributed by atoms with Gasteiger partial charge >= 0.3 is 0 Å². The molecule has 0 aliphatic carbocycles. The predicted molar refractivity (Wildman–Crippen MR) is 135 cm³/mol. The quantitative estimate of drug-likeness (QED) is 0.330. The summed E-state index contributed by atoms with van der Waals surface area (Å²) in [5, 5.41) is 7.86. The Balaban J connectivity index is 0.00000300. The van der Waals surface area contributed by atoms with E-state index in [1.54, 1.807) is 0 Å². The van der Waals surface area contributed by atoms with Crippen LogP contribution in [0, 0.1) is 0 Å². The molecular weight excluding hydrogens is 497 g/mol. The zero-order valence-corrected chi connectivity index (χ0v) is 21.0. The van der Waals surface area contributed by atoms with Gasteiger partial charge in [-0.1, -0.05) is 30.2 Å². The van der Waals surface area contributed by atoms with Gasteiger partial charge in [0.05, 0.1) is 6.54 Å². The number of benzene rings is 1. The van der Waals surface area contributed by atoms with Crippen LogP contribution in [0.1, 0.15) is 44.6 Å². The van der Waals surface area contributed by atoms with E-state index >= 15 is 0 Å². The maximum Gasteiger partial charge on any atom is 0.191 e. The summed E-state index contributed by atoms with van der Waals surface area (Å²) in [4.78, 5) is 10.0. The lowest BCUT2D eigenvalue weighted by Crippen LogP contribution is -2.62. The number of nitrogens with one attached hydrogen (secondary N) is 2. The Morgan fingerprint density at radius 2 is 1.69 bits per heavy atom.